The van der Waals surface area contributed by atoms with E-state index in [-0.39, 0.29) is 6.61 Å². The number of hydrogen-bond acceptors (Lipinski definition) is 2. The molecule has 0 aliphatic rings. The van der Waals surface area contributed by atoms with E-state index in [0.717, 1.165) is 6.54 Å². The third-order valence-electron chi connectivity index (χ3n) is 1.60. The summed E-state index contributed by atoms with van der Waals surface area (Å²) in [7, 11) is 0. The van der Waals surface area contributed by atoms with Crippen LogP contribution in [0.15, 0.2) is 36.0 Å². The Balaban J connectivity index is 3.77. The van der Waals surface area contributed by atoms with Crippen molar-refractivity contribution in [2.45, 2.75) is 13.8 Å². The number of nitrogens with one attached hydrogen (secondary N) is 1. The molecule has 0 saturated heterocycles. The van der Waals surface area contributed by atoms with Gasteiger partial charge in [-0.1, -0.05) is 30.4 Å². The van der Waals surface area contributed by atoms with E-state index in [0.29, 0.717) is 6.54 Å². The summed E-state index contributed by atoms with van der Waals surface area (Å²) >= 11 is 0. The summed E-state index contributed by atoms with van der Waals surface area (Å²) in [5.74, 6) is 0. The first kappa shape index (κ1) is 12.1. The largest absolute Gasteiger partial charge is 0.395 e. The second-order valence-corrected chi connectivity index (χ2v) is 2.65. The van der Waals surface area contributed by atoms with Gasteiger partial charge in [-0.2, -0.15) is 0 Å². The normalized spacial score (nSPS) is 13.3. The van der Waals surface area contributed by atoms with Gasteiger partial charge in [-0.25, -0.2) is 0 Å². The van der Waals surface area contributed by atoms with Gasteiger partial charge < -0.3 is 10.4 Å². The van der Waals surface area contributed by atoms with Crippen molar-refractivity contribution in [3.8, 4) is 0 Å². The molecule has 0 bridgehead atoms. The molecule has 0 saturated carbocycles. The lowest BCUT2D eigenvalue weighted by Gasteiger charge is -2.02. The molecule has 0 fully saturated rings. The number of allylic oxidation sites excluding steroid dienone is 4. The number of hydrogen-bond donors (Lipinski definition) is 2. The van der Waals surface area contributed by atoms with Crippen molar-refractivity contribution in [2.75, 3.05) is 19.7 Å². The molecule has 0 aliphatic carbocycles. The van der Waals surface area contributed by atoms with Crippen LogP contribution in [-0.4, -0.2) is 24.8 Å². The van der Waals surface area contributed by atoms with Crippen LogP contribution in [0.5, 0.6) is 0 Å². The van der Waals surface area contributed by atoms with E-state index < -0.39 is 0 Å². The summed E-state index contributed by atoms with van der Waals surface area (Å²) in [4.78, 5) is 0. The fourth-order valence-corrected chi connectivity index (χ4v) is 0.859. The molecule has 74 valence electrons. The lowest BCUT2D eigenvalue weighted by Crippen LogP contribution is -2.20. The average Bonchev–Trinajstić information content (AvgIpc) is 2.16. The zero-order chi connectivity index (χ0) is 9.94. The molecule has 0 spiro atoms. The maximum Gasteiger partial charge on any atom is 0.0556 e. The van der Waals surface area contributed by atoms with E-state index >= 15 is 0 Å². The van der Waals surface area contributed by atoms with Gasteiger partial charge in [0.05, 0.1) is 6.61 Å². The molecule has 2 nitrogen and oxygen atoms in total. The Hall–Kier alpha value is -0.860. The van der Waals surface area contributed by atoms with Crippen LogP contribution in [0.1, 0.15) is 13.8 Å². The monoisotopic (exact) mass is 181 g/mol. The highest BCUT2D eigenvalue weighted by Gasteiger charge is 1.88. The maximum atomic E-state index is 8.55. The van der Waals surface area contributed by atoms with Gasteiger partial charge in [0.1, 0.15) is 0 Å². The van der Waals surface area contributed by atoms with Crippen molar-refractivity contribution < 1.29 is 5.11 Å². The van der Waals surface area contributed by atoms with Crippen LogP contribution in [0, 0.1) is 0 Å². The molecule has 13 heavy (non-hydrogen) atoms. The van der Waals surface area contributed by atoms with Crippen molar-refractivity contribution in [1.29, 1.82) is 0 Å². The Morgan fingerprint density at radius 1 is 1.31 bits per heavy atom. The Labute approximate surface area is 80.7 Å². The van der Waals surface area contributed by atoms with Crippen LogP contribution in [0.4, 0.5) is 0 Å². The van der Waals surface area contributed by atoms with Crippen molar-refractivity contribution in [1.82, 2.24) is 5.32 Å². The van der Waals surface area contributed by atoms with Gasteiger partial charge in [-0.15, -0.1) is 0 Å². The maximum absolute atomic E-state index is 8.55. The topological polar surface area (TPSA) is 32.3 Å². The summed E-state index contributed by atoms with van der Waals surface area (Å²) in [5.41, 5.74) is 1.23. The first-order valence-corrected chi connectivity index (χ1v) is 4.61. The molecular weight excluding hydrogens is 162 g/mol. The van der Waals surface area contributed by atoms with Crippen LogP contribution in [0.3, 0.4) is 0 Å². The van der Waals surface area contributed by atoms with E-state index in [1.807, 2.05) is 32.1 Å². The second kappa shape index (κ2) is 9.23. The van der Waals surface area contributed by atoms with Gasteiger partial charge >= 0.3 is 0 Å². The average molecular weight is 181 g/mol. The smallest absolute Gasteiger partial charge is 0.0556 e. The fourth-order valence-electron chi connectivity index (χ4n) is 0.859. The zero-order valence-corrected chi connectivity index (χ0v) is 8.46. The summed E-state index contributed by atoms with van der Waals surface area (Å²) in [6.45, 7) is 5.65. The summed E-state index contributed by atoms with van der Waals surface area (Å²) in [6, 6.07) is 0. The highest BCUT2D eigenvalue weighted by molar-refractivity contribution is 5.22. The van der Waals surface area contributed by atoms with Crippen LogP contribution in [0.2, 0.25) is 0 Å². The van der Waals surface area contributed by atoms with Crippen molar-refractivity contribution in [3.05, 3.63) is 36.0 Å². The first-order valence-electron chi connectivity index (χ1n) is 4.61. The van der Waals surface area contributed by atoms with Gasteiger partial charge in [-0.3, -0.25) is 0 Å². The van der Waals surface area contributed by atoms with Crippen LogP contribution < -0.4 is 5.32 Å². The third kappa shape index (κ3) is 7.50. The van der Waals surface area contributed by atoms with Gasteiger partial charge in [-0.05, 0) is 19.4 Å². The van der Waals surface area contributed by atoms with Crippen molar-refractivity contribution in [2.24, 2.45) is 0 Å². The van der Waals surface area contributed by atoms with Crippen LogP contribution in [0.25, 0.3) is 0 Å². The van der Waals surface area contributed by atoms with E-state index in [9.17, 15) is 0 Å². The molecule has 0 radical (unpaired) electrons. The number of aliphatic hydroxyl groups is 1. The van der Waals surface area contributed by atoms with Crippen LogP contribution >= 0.6 is 0 Å². The van der Waals surface area contributed by atoms with E-state index in [4.69, 9.17) is 5.11 Å². The Bertz CT molecular complexity index is 192. The summed E-state index contributed by atoms with van der Waals surface area (Å²) in [5, 5.41) is 11.7. The molecule has 0 aromatic carbocycles. The van der Waals surface area contributed by atoms with Gasteiger partial charge in [0.15, 0.2) is 0 Å². The van der Waals surface area contributed by atoms with Crippen molar-refractivity contribution in [3.63, 3.8) is 0 Å². The predicted molar refractivity (Wildman–Crippen MR) is 57.7 cm³/mol. The van der Waals surface area contributed by atoms with Gasteiger partial charge in [0, 0.05) is 13.1 Å². The van der Waals surface area contributed by atoms with Gasteiger partial charge in [0.25, 0.3) is 0 Å². The SMILES string of the molecule is C\C=C/C=C\C(=C/C)CNCCO. The second-order valence-electron chi connectivity index (χ2n) is 2.65. The van der Waals surface area contributed by atoms with Crippen molar-refractivity contribution >= 4 is 0 Å². The predicted octanol–water partition coefficient (Wildman–Crippen LogP) is 1.65. The minimum Gasteiger partial charge on any atom is -0.395 e. The summed E-state index contributed by atoms with van der Waals surface area (Å²) < 4.78 is 0. The van der Waals surface area contributed by atoms with Crippen LogP contribution in [-0.2, 0) is 0 Å². The third-order valence-corrected chi connectivity index (χ3v) is 1.60. The lowest BCUT2D eigenvalue weighted by atomic mass is 10.2. The molecule has 2 N–H and O–H groups in total. The Morgan fingerprint density at radius 2 is 2.08 bits per heavy atom. The molecule has 0 aliphatic heterocycles. The quantitative estimate of drug-likeness (QED) is 0.482. The molecule has 2 heteroatoms. The van der Waals surface area contributed by atoms with E-state index in [1.54, 1.807) is 0 Å². The molecule has 0 rings (SSSR count). The van der Waals surface area contributed by atoms with Gasteiger partial charge in [0.2, 0.25) is 0 Å². The minimum atomic E-state index is 0.190. The van der Waals surface area contributed by atoms with E-state index in [1.165, 1.54) is 5.57 Å². The number of aliphatic hydroxyl groups excluding tert-OH is 1. The van der Waals surface area contributed by atoms with E-state index in [2.05, 4.69) is 17.5 Å². The molecule has 0 unspecified atom stereocenters. The highest BCUT2D eigenvalue weighted by Crippen LogP contribution is 1.94. The Kier molecular flexibility index (Phi) is 8.62. The molecular formula is C11H19NO. The lowest BCUT2D eigenvalue weighted by molar-refractivity contribution is 0.294. The minimum absolute atomic E-state index is 0.190. The summed E-state index contributed by atoms with van der Waals surface area (Å²) in [6.07, 6.45) is 10.1. The standard InChI is InChI=1S/C11H19NO/c1-3-5-6-7-11(4-2)10-12-8-9-13/h3-7,12-13H,8-10H2,1-2H3/b5-3-,7-6-,11-4+. The fraction of sp³-hybridized carbons (Fsp3) is 0.455. The molecule has 0 amide bonds. The first-order chi connectivity index (χ1) is 6.35. The highest BCUT2D eigenvalue weighted by atomic mass is 16.3. The molecule has 0 atom stereocenters. The molecule has 0 heterocycles. The zero-order valence-electron chi connectivity index (χ0n) is 8.46. The number of rotatable bonds is 6. The molecule has 0 aromatic heterocycles. The Morgan fingerprint density at radius 3 is 2.62 bits per heavy atom. The molecule has 0 aromatic rings.